The molecule has 0 spiro atoms. The predicted molar refractivity (Wildman–Crippen MR) is 79.0 cm³/mol. The molecule has 1 unspecified atom stereocenters. The summed E-state index contributed by atoms with van der Waals surface area (Å²) < 4.78 is 1.12. The number of aliphatic hydroxyl groups excluding tert-OH is 1. The van der Waals surface area contributed by atoms with Crippen molar-refractivity contribution in [2.24, 2.45) is 0 Å². The molecule has 1 aliphatic rings. The van der Waals surface area contributed by atoms with Crippen LogP contribution in [0.2, 0.25) is 0 Å². The Hall–Kier alpha value is -0.580. The molecule has 4 heteroatoms. The summed E-state index contributed by atoms with van der Waals surface area (Å²) >= 11 is 3.65. The lowest BCUT2D eigenvalue weighted by Crippen LogP contribution is -2.32. The standard InChI is InChI=1S/C14H21BrN2O/c1-2-16-9-11-5-6-14(13(15)8-11)17-7-3-4-12(17)10-18/h5-6,8,12,16,18H,2-4,7,9-10H2,1H3. The van der Waals surface area contributed by atoms with E-state index in [9.17, 15) is 5.11 Å². The van der Waals surface area contributed by atoms with Gasteiger partial charge in [-0.25, -0.2) is 0 Å². The van der Waals surface area contributed by atoms with E-state index in [0.717, 1.165) is 36.9 Å². The Kier molecular flexibility index (Phi) is 5.03. The smallest absolute Gasteiger partial charge is 0.0635 e. The minimum atomic E-state index is 0.242. The van der Waals surface area contributed by atoms with Gasteiger partial charge in [-0.2, -0.15) is 0 Å². The van der Waals surface area contributed by atoms with E-state index < -0.39 is 0 Å². The van der Waals surface area contributed by atoms with Crippen molar-refractivity contribution in [1.29, 1.82) is 0 Å². The highest BCUT2D eigenvalue weighted by atomic mass is 79.9. The maximum absolute atomic E-state index is 9.39. The van der Waals surface area contributed by atoms with Crippen LogP contribution in [-0.2, 0) is 6.54 Å². The van der Waals surface area contributed by atoms with Crippen LogP contribution in [0.25, 0.3) is 0 Å². The summed E-state index contributed by atoms with van der Waals surface area (Å²) in [5.74, 6) is 0. The first kappa shape index (κ1) is 13.8. The molecule has 1 aromatic rings. The second kappa shape index (κ2) is 6.55. The largest absolute Gasteiger partial charge is 0.394 e. The van der Waals surface area contributed by atoms with Crippen molar-refractivity contribution in [2.45, 2.75) is 32.4 Å². The third-order valence-electron chi connectivity index (χ3n) is 3.49. The van der Waals surface area contributed by atoms with Crippen LogP contribution >= 0.6 is 15.9 Å². The van der Waals surface area contributed by atoms with Crippen LogP contribution in [0.3, 0.4) is 0 Å². The van der Waals surface area contributed by atoms with Crippen molar-refractivity contribution < 1.29 is 5.11 Å². The fraction of sp³-hybridized carbons (Fsp3) is 0.571. The van der Waals surface area contributed by atoms with E-state index in [2.05, 4.69) is 51.3 Å². The van der Waals surface area contributed by atoms with Gasteiger partial charge in [-0.1, -0.05) is 13.0 Å². The first-order valence-corrected chi connectivity index (χ1v) is 7.42. The van der Waals surface area contributed by atoms with Gasteiger partial charge in [0.05, 0.1) is 18.3 Å². The second-order valence-electron chi connectivity index (χ2n) is 4.74. The minimum Gasteiger partial charge on any atom is -0.394 e. The minimum absolute atomic E-state index is 0.242. The van der Waals surface area contributed by atoms with Gasteiger partial charge < -0.3 is 15.3 Å². The summed E-state index contributed by atoms with van der Waals surface area (Å²) in [5, 5.41) is 12.7. The van der Waals surface area contributed by atoms with Gasteiger partial charge in [0.2, 0.25) is 0 Å². The molecule has 0 bridgehead atoms. The van der Waals surface area contributed by atoms with Crippen LogP contribution < -0.4 is 10.2 Å². The lowest BCUT2D eigenvalue weighted by atomic mass is 10.1. The highest BCUT2D eigenvalue weighted by molar-refractivity contribution is 9.10. The summed E-state index contributed by atoms with van der Waals surface area (Å²) in [6.45, 7) is 5.28. The first-order valence-electron chi connectivity index (χ1n) is 6.63. The fourth-order valence-corrected chi connectivity index (χ4v) is 3.16. The molecule has 3 nitrogen and oxygen atoms in total. The predicted octanol–water partition coefficient (Wildman–Crippen LogP) is 2.52. The van der Waals surface area contributed by atoms with E-state index in [-0.39, 0.29) is 12.6 Å². The van der Waals surface area contributed by atoms with Crippen molar-refractivity contribution in [1.82, 2.24) is 5.32 Å². The molecular weight excluding hydrogens is 292 g/mol. The molecule has 1 fully saturated rings. The van der Waals surface area contributed by atoms with E-state index >= 15 is 0 Å². The van der Waals surface area contributed by atoms with E-state index in [1.54, 1.807) is 0 Å². The zero-order valence-corrected chi connectivity index (χ0v) is 12.4. The molecule has 0 aliphatic carbocycles. The first-order chi connectivity index (χ1) is 8.76. The summed E-state index contributed by atoms with van der Waals surface area (Å²) in [7, 11) is 0. The van der Waals surface area contributed by atoms with Gasteiger partial charge in [-0.15, -0.1) is 0 Å². The lowest BCUT2D eigenvalue weighted by Gasteiger charge is -2.26. The Morgan fingerprint density at radius 1 is 1.50 bits per heavy atom. The van der Waals surface area contributed by atoms with Crippen LogP contribution in [0.15, 0.2) is 22.7 Å². The number of aliphatic hydroxyl groups is 1. The Balaban J connectivity index is 2.14. The quantitative estimate of drug-likeness (QED) is 0.877. The third kappa shape index (κ3) is 3.05. The molecule has 0 amide bonds. The number of nitrogens with zero attached hydrogens (tertiary/aromatic N) is 1. The number of rotatable bonds is 5. The van der Waals surface area contributed by atoms with Crippen LogP contribution in [0.1, 0.15) is 25.3 Å². The molecule has 0 radical (unpaired) electrons. The third-order valence-corrected chi connectivity index (χ3v) is 4.12. The Morgan fingerprint density at radius 2 is 2.33 bits per heavy atom. The van der Waals surface area contributed by atoms with Gasteiger partial charge >= 0.3 is 0 Å². The second-order valence-corrected chi connectivity index (χ2v) is 5.59. The van der Waals surface area contributed by atoms with Crippen LogP contribution in [-0.4, -0.2) is 30.8 Å². The van der Waals surface area contributed by atoms with Crippen molar-refractivity contribution >= 4 is 21.6 Å². The Labute approximate surface area is 117 Å². The summed E-state index contributed by atoms with van der Waals surface area (Å²) in [4.78, 5) is 2.31. The molecule has 2 rings (SSSR count). The zero-order chi connectivity index (χ0) is 13.0. The molecule has 100 valence electrons. The highest BCUT2D eigenvalue weighted by Gasteiger charge is 2.25. The molecule has 1 aliphatic heterocycles. The van der Waals surface area contributed by atoms with Crippen LogP contribution in [0.5, 0.6) is 0 Å². The molecule has 0 aromatic heterocycles. The molecule has 1 aromatic carbocycles. The topological polar surface area (TPSA) is 35.5 Å². The molecule has 2 N–H and O–H groups in total. The zero-order valence-electron chi connectivity index (χ0n) is 10.8. The van der Waals surface area contributed by atoms with Gasteiger partial charge in [0.1, 0.15) is 0 Å². The SMILES string of the molecule is CCNCc1ccc(N2CCCC2CO)c(Br)c1. The van der Waals surface area contributed by atoms with Gasteiger partial charge in [-0.3, -0.25) is 0 Å². The number of halogens is 1. The average molecular weight is 313 g/mol. The molecule has 18 heavy (non-hydrogen) atoms. The molecule has 0 saturated carbocycles. The van der Waals surface area contributed by atoms with Crippen LogP contribution in [0.4, 0.5) is 5.69 Å². The van der Waals surface area contributed by atoms with E-state index in [0.29, 0.717) is 0 Å². The van der Waals surface area contributed by atoms with E-state index in [1.165, 1.54) is 11.3 Å². The van der Waals surface area contributed by atoms with Gasteiger partial charge in [0, 0.05) is 17.6 Å². The fourth-order valence-electron chi connectivity index (χ4n) is 2.51. The number of hydrogen-bond acceptors (Lipinski definition) is 3. The molecule has 1 atom stereocenters. The number of benzene rings is 1. The average Bonchev–Trinajstić information content (AvgIpc) is 2.84. The van der Waals surface area contributed by atoms with Gasteiger partial charge in [-0.05, 0) is 53.0 Å². The Morgan fingerprint density at radius 3 is 3.00 bits per heavy atom. The van der Waals surface area contributed by atoms with Gasteiger partial charge in [0.15, 0.2) is 0 Å². The van der Waals surface area contributed by atoms with Crippen molar-refractivity contribution in [2.75, 3.05) is 24.6 Å². The maximum Gasteiger partial charge on any atom is 0.0635 e. The molecular formula is C14H21BrN2O. The van der Waals surface area contributed by atoms with E-state index in [4.69, 9.17) is 0 Å². The van der Waals surface area contributed by atoms with Crippen molar-refractivity contribution in [3.05, 3.63) is 28.2 Å². The van der Waals surface area contributed by atoms with E-state index in [1.807, 2.05) is 0 Å². The number of nitrogens with one attached hydrogen (secondary N) is 1. The van der Waals surface area contributed by atoms with Gasteiger partial charge in [0.25, 0.3) is 0 Å². The summed E-state index contributed by atoms with van der Waals surface area (Å²) in [6.07, 6.45) is 2.25. The summed E-state index contributed by atoms with van der Waals surface area (Å²) in [6, 6.07) is 6.77. The lowest BCUT2D eigenvalue weighted by molar-refractivity contribution is 0.266. The number of anilines is 1. The molecule has 1 heterocycles. The summed E-state index contributed by atoms with van der Waals surface area (Å²) in [5.41, 5.74) is 2.49. The van der Waals surface area contributed by atoms with Crippen LogP contribution in [0, 0.1) is 0 Å². The normalized spacial score (nSPS) is 19.5. The molecule has 1 saturated heterocycles. The highest BCUT2D eigenvalue weighted by Crippen LogP contribution is 2.32. The maximum atomic E-state index is 9.39. The van der Waals surface area contributed by atoms with Crippen molar-refractivity contribution in [3.63, 3.8) is 0 Å². The number of hydrogen-bond donors (Lipinski definition) is 2. The monoisotopic (exact) mass is 312 g/mol. The van der Waals surface area contributed by atoms with Crippen molar-refractivity contribution in [3.8, 4) is 0 Å². The Bertz CT molecular complexity index is 397.